The minimum atomic E-state index is -1.38. The van der Waals surface area contributed by atoms with Gasteiger partial charge >= 0.3 is 0 Å². The van der Waals surface area contributed by atoms with Crippen LogP contribution in [0, 0.1) is 0 Å². The third kappa shape index (κ3) is 2.59. The lowest BCUT2D eigenvalue weighted by Crippen LogP contribution is -2.33. The summed E-state index contributed by atoms with van der Waals surface area (Å²) in [6.45, 7) is 6.91. The average Bonchev–Trinajstić information content (AvgIpc) is 2.07. The molecule has 1 aromatic rings. The Morgan fingerprint density at radius 3 is 2.00 bits per heavy atom. The SMILES string of the molecule is C[Si](C)(C)C(CO)c1ccc(O)cc1. The number of benzene rings is 1. The van der Waals surface area contributed by atoms with Crippen LogP contribution in [0.4, 0.5) is 0 Å². The van der Waals surface area contributed by atoms with E-state index in [1.54, 1.807) is 12.1 Å². The van der Waals surface area contributed by atoms with Gasteiger partial charge in [0, 0.05) is 12.1 Å². The summed E-state index contributed by atoms with van der Waals surface area (Å²) in [5.74, 6) is 0.279. The van der Waals surface area contributed by atoms with Gasteiger partial charge in [0.2, 0.25) is 0 Å². The number of phenolic OH excluding ortho intramolecular Hbond substituents is 1. The van der Waals surface area contributed by atoms with Crippen molar-refractivity contribution in [1.82, 2.24) is 0 Å². The van der Waals surface area contributed by atoms with Gasteiger partial charge < -0.3 is 10.2 Å². The predicted octanol–water partition coefficient (Wildman–Crippen LogP) is 2.35. The van der Waals surface area contributed by atoms with Crippen LogP contribution in [0.1, 0.15) is 11.1 Å². The first-order valence-corrected chi connectivity index (χ1v) is 8.42. The lowest BCUT2D eigenvalue weighted by molar-refractivity contribution is 0.290. The summed E-state index contributed by atoms with van der Waals surface area (Å²) < 4.78 is 0. The van der Waals surface area contributed by atoms with Gasteiger partial charge in [-0.25, -0.2) is 0 Å². The molecule has 1 atom stereocenters. The Labute approximate surface area is 86.2 Å². The molecule has 1 unspecified atom stereocenters. The second-order valence-corrected chi connectivity index (χ2v) is 10.1. The van der Waals surface area contributed by atoms with Crippen LogP contribution < -0.4 is 0 Å². The molecule has 2 N–H and O–H groups in total. The summed E-state index contributed by atoms with van der Waals surface area (Å²) in [5, 5.41) is 18.5. The Balaban J connectivity index is 2.96. The van der Waals surface area contributed by atoms with E-state index >= 15 is 0 Å². The van der Waals surface area contributed by atoms with Crippen molar-refractivity contribution in [2.24, 2.45) is 0 Å². The third-order valence-corrected chi connectivity index (χ3v) is 5.13. The molecule has 0 bridgehead atoms. The number of aliphatic hydroxyl groups is 1. The summed E-state index contributed by atoms with van der Waals surface area (Å²) in [4.78, 5) is 0. The fraction of sp³-hybridized carbons (Fsp3) is 0.455. The molecule has 0 spiro atoms. The van der Waals surface area contributed by atoms with Crippen LogP contribution in [0.3, 0.4) is 0 Å². The van der Waals surface area contributed by atoms with Crippen molar-refractivity contribution >= 4 is 8.07 Å². The molecule has 0 aliphatic carbocycles. The summed E-state index contributed by atoms with van der Waals surface area (Å²) >= 11 is 0. The minimum Gasteiger partial charge on any atom is -0.508 e. The highest BCUT2D eigenvalue weighted by molar-refractivity contribution is 6.77. The Hall–Kier alpha value is -0.803. The molecule has 0 aliphatic heterocycles. The Kier molecular flexibility index (Phi) is 3.34. The first kappa shape index (κ1) is 11.3. The van der Waals surface area contributed by atoms with Crippen molar-refractivity contribution in [3.05, 3.63) is 29.8 Å². The molecular weight excluding hydrogens is 192 g/mol. The van der Waals surface area contributed by atoms with Crippen LogP contribution in [0.5, 0.6) is 5.75 Å². The van der Waals surface area contributed by atoms with Crippen molar-refractivity contribution in [3.8, 4) is 5.75 Å². The molecule has 0 fully saturated rings. The molecule has 2 nitrogen and oxygen atoms in total. The lowest BCUT2D eigenvalue weighted by atomic mass is 10.1. The summed E-state index contributed by atoms with van der Waals surface area (Å²) in [6, 6.07) is 7.15. The van der Waals surface area contributed by atoms with E-state index in [4.69, 9.17) is 5.11 Å². The predicted molar refractivity (Wildman–Crippen MR) is 61.3 cm³/mol. The van der Waals surface area contributed by atoms with Crippen molar-refractivity contribution in [3.63, 3.8) is 0 Å². The highest BCUT2D eigenvalue weighted by atomic mass is 28.3. The van der Waals surface area contributed by atoms with Gasteiger partial charge in [0.15, 0.2) is 0 Å². The largest absolute Gasteiger partial charge is 0.508 e. The molecule has 78 valence electrons. The van der Waals surface area contributed by atoms with Crippen LogP contribution in [-0.2, 0) is 0 Å². The van der Waals surface area contributed by atoms with E-state index in [2.05, 4.69) is 19.6 Å². The molecule has 3 heteroatoms. The molecule has 0 aliphatic rings. The summed E-state index contributed by atoms with van der Waals surface area (Å²) in [7, 11) is -1.38. The van der Waals surface area contributed by atoms with Gasteiger partial charge in [-0.3, -0.25) is 0 Å². The van der Waals surface area contributed by atoms with Gasteiger partial charge in [-0.1, -0.05) is 31.8 Å². The Bertz CT molecular complexity index is 287. The van der Waals surface area contributed by atoms with E-state index in [1.807, 2.05) is 12.1 Å². The second-order valence-electron chi connectivity index (χ2n) is 4.69. The highest BCUT2D eigenvalue weighted by Gasteiger charge is 2.27. The number of aliphatic hydroxyl groups excluding tert-OH is 1. The fourth-order valence-electron chi connectivity index (χ4n) is 1.59. The standard InChI is InChI=1S/C11H18O2Si/c1-14(2,3)11(8-12)9-4-6-10(13)7-5-9/h4-7,11-13H,8H2,1-3H3. The van der Waals surface area contributed by atoms with E-state index in [-0.39, 0.29) is 17.9 Å². The molecule has 14 heavy (non-hydrogen) atoms. The summed E-state index contributed by atoms with van der Waals surface area (Å²) in [5.41, 5.74) is 1.38. The van der Waals surface area contributed by atoms with E-state index in [1.165, 1.54) is 0 Å². The van der Waals surface area contributed by atoms with E-state index in [9.17, 15) is 5.11 Å². The van der Waals surface area contributed by atoms with Gasteiger partial charge in [-0.2, -0.15) is 0 Å². The molecule has 0 radical (unpaired) electrons. The topological polar surface area (TPSA) is 40.5 Å². The molecule has 0 saturated carbocycles. The maximum absolute atomic E-state index is 9.36. The molecule has 0 saturated heterocycles. The molecule has 0 heterocycles. The minimum absolute atomic E-state index is 0.195. The first-order chi connectivity index (χ1) is 6.45. The number of hydrogen-bond acceptors (Lipinski definition) is 2. The van der Waals surface area contributed by atoms with Crippen molar-refractivity contribution in [2.45, 2.75) is 25.2 Å². The van der Waals surface area contributed by atoms with Crippen LogP contribution in [0.25, 0.3) is 0 Å². The first-order valence-electron chi connectivity index (χ1n) is 4.85. The van der Waals surface area contributed by atoms with Crippen LogP contribution >= 0.6 is 0 Å². The lowest BCUT2D eigenvalue weighted by Gasteiger charge is -2.27. The second kappa shape index (κ2) is 4.15. The van der Waals surface area contributed by atoms with Gasteiger partial charge in [-0.15, -0.1) is 0 Å². The number of hydrogen-bond donors (Lipinski definition) is 2. The molecule has 0 aromatic heterocycles. The van der Waals surface area contributed by atoms with E-state index in [0.717, 1.165) is 5.56 Å². The number of phenols is 1. The number of aromatic hydroxyl groups is 1. The van der Waals surface area contributed by atoms with Crippen molar-refractivity contribution < 1.29 is 10.2 Å². The Morgan fingerprint density at radius 1 is 1.14 bits per heavy atom. The molecule has 1 aromatic carbocycles. The fourth-order valence-corrected chi connectivity index (χ4v) is 3.33. The van der Waals surface area contributed by atoms with Gasteiger partial charge in [0.25, 0.3) is 0 Å². The smallest absolute Gasteiger partial charge is 0.115 e. The quantitative estimate of drug-likeness (QED) is 0.752. The molecular formula is C11H18O2Si. The zero-order chi connectivity index (χ0) is 10.8. The van der Waals surface area contributed by atoms with E-state index < -0.39 is 8.07 Å². The van der Waals surface area contributed by atoms with Crippen molar-refractivity contribution in [2.75, 3.05) is 6.61 Å². The maximum atomic E-state index is 9.36. The average molecular weight is 210 g/mol. The van der Waals surface area contributed by atoms with E-state index in [0.29, 0.717) is 0 Å². The normalized spacial score (nSPS) is 14.0. The number of rotatable bonds is 3. The van der Waals surface area contributed by atoms with Gasteiger partial charge in [0.05, 0.1) is 8.07 Å². The Morgan fingerprint density at radius 2 is 1.64 bits per heavy atom. The molecule has 1 rings (SSSR count). The van der Waals surface area contributed by atoms with Crippen LogP contribution in [-0.4, -0.2) is 24.9 Å². The third-order valence-electron chi connectivity index (χ3n) is 2.52. The molecule has 0 amide bonds. The van der Waals surface area contributed by atoms with Crippen molar-refractivity contribution in [1.29, 1.82) is 0 Å². The van der Waals surface area contributed by atoms with Gasteiger partial charge in [-0.05, 0) is 17.7 Å². The summed E-state index contributed by atoms with van der Waals surface area (Å²) in [6.07, 6.45) is 0. The monoisotopic (exact) mass is 210 g/mol. The highest BCUT2D eigenvalue weighted by Crippen LogP contribution is 2.27. The zero-order valence-corrected chi connectivity index (χ0v) is 9.99. The zero-order valence-electron chi connectivity index (χ0n) is 8.99. The van der Waals surface area contributed by atoms with Gasteiger partial charge in [0.1, 0.15) is 5.75 Å². The maximum Gasteiger partial charge on any atom is 0.115 e. The van der Waals surface area contributed by atoms with Crippen LogP contribution in [0.2, 0.25) is 19.6 Å². The van der Waals surface area contributed by atoms with Crippen LogP contribution in [0.15, 0.2) is 24.3 Å².